The van der Waals surface area contributed by atoms with Crippen LogP contribution in [0.3, 0.4) is 0 Å². The quantitative estimate of drug-likeness (QED) is 0.829. The summed E-state index contributed by atoms with van der Waals surface area (Å²) in [6.45, 7) is 5.48. The van der Waals surface area contributed by atoms with Gasteiger partial charge in [-0.2, -0.15) is 0 Å². The summed E-state index contributed by atoms with van der Waals surface area (Å²) in [5.41, 5.74) is -0.933. The largest absolute Gasteiger partial charge is 0.328 e. The second kappa shape index (κ2) is 4.79. The number of nitrogens with zero attached hydrogens (tertiary/aromatic N) is 1. The standard InChI is InChI=1S/C14H20N2O3/c1-9(17)10-8-15-13(19)16(12(10)18)11-6-4-5-7-14(11,2)3/h8,11H,4-7H2,1-3H3,(H,15,19). The van der Waals surface area contributed by atoms with Gasteiger partial charge in [-0.3, -0.25) is 14.2 Å². The fourth-order valence-electron chi connectivity index (χ4n) is 2.98. The first-order valence-corrected chi connectivity index (χ1v) is 6.70. The van der Waals surface area contributed by atoms with E-state index in [1.54, 1.807) is 0 Å². The fraction of sp³-hybridized carbons (Fsp3) is 0.643. The highest BCUT2D eigenvalue weighted by Gasteiger charge is 2.35. The molecule has 0 saturated heterocycles. The topological polar surface area (TPSA) is 71.9 Å². The van der Waals surface area contributed by atoms with E-state index in [1.807, 2.05) is 0 Å². The number of H-pyrrole nitrogens is 1. The van der Waals surface area contributed by atoms with Crippen LogP contribution in [0, 0.1) is 5.41 Å². The SMILES string of the molecule is CC(=O)c1c[nH]c(=O)n(C2CCCCC2(C)C)c1=O. The molecule has 1 heterocycles. The highest BCUT2D eigenvalue weighted by atomic mass is 16.2. The lowest BCUT2D eigenvalue weighted by molar-refractivity contribution is 0.101. The monoisotopic (exact) mass is 264 g/mol. The summed E-state index contributed by atoms with van der Waals surface area (Å²) in [5.74, 6) is -0.316. The number of carbonyl (C=O) groups excluding carboxylic acids is 1. The van der Waals surface area contributed by atoms with Gasteiger partial charge in [0.25, 0.3) is 5.56 Å². The summed E-state index contributed by atoms with van der Waals surface area (Å²) in [6, 6.07) is -0.142. The Morgan fingerprint density at radius 1 is 1.37 bits per heavy atom. The van der Waals surface area contributed by atoms with E-state index in [4.69, 9.17) is 0 Å². The molecule has 1 aliphatic carbocycles. The van der Waals surface area contributed by atoms with Crippen molar-refractivity contribution in [1.29, 1.82) is 0 Å². The van der Waals surface area contributed by atoms with Gasteiger partial charge in [0.15, 0.2) is 5.78 Å². The summed E-state index contributed by atoms with van der Waals surface area (Å²) >= 11 is 0. The average Bonchev–Trinajstić information content (AvgIpc) is 2.30. The van der Waals surface area contributed by atoms with Crippen molar-refractivity contribution < 1.29 is 4.79 Å². The minimum absolute atomic E-state index is 0.0565. The summed E-state index contributed by atoms with van der Waals surface area (Å²) in [6.07, 6.45) is 5.12. The first-order chi connectivity index (χ1) is 8.84. The molecule has 1 aromatic rings. The normalized spacial score (nSPS) is 22.2. The van der Waals surface area contributed by atoms with Crippen molar-refractivity contribution in [3.8, 4) is 0 Å². The van der Waals surface area contributed by atoms with Crippen LogP contribution in [0.2, 0.25) is 0 Å². The molecule has 5 heteroatoms. The molecule has 1 aromatic heterocycles. The molecule has 1 fully saturated rings. The van der Waals surface area contributed by atoms with Crippen LogP contribution >= 0.6 is 0 Å². The van der Waals surface area contributed by atoms with Gasteiger partial charge in [0.2, 0.25) is 0 Å². The highest BCUT2D eigenvalue weighted by Crippen LogP contribution is 2.42. The number of rotatable bonds is 2. The predicted molar refractivity (Wildman–Crippen MR) is 72.6 cm³/mol. The summed E-state index contributed by atoms with van der Waals surface area (Å²) in [5, 5.41) is 0. The van der Waals surface area contributed by atoms with Gasteiger partial charge in [-0.05, 0) is 25.2 Å². The zero-order valence-electron chi connectivity index (χ0n) is 11.7. The van der Waals surface area contributed by atoms with Crippen LogP contribution in [0.15, 0.2) is 15.8 Å². The van der Waals surface area contributed by atoms with Crippen molar-refractivity contribution in [2.45, 2.75) is 52.5 Å². The molecule has 1 saturated carbocycles. The molecule has 0 amide bonds. The van der Waals surface area contributed by atoms with Gasteiger partial charge in [0.05, 0.1) is 5.56 Å². The van der Waals surface area contributed by atoms with Crippen LogP contribution in [-0.4, -0.2) is 15.3 Å². The Morgan fingerprint density at radius 2 is 2.05 bits per heavy atom. The number of carbonyl (C=O) groups is 1. The van der Waals surface area contributed by atoms with Gasteiger partial charge in [-0.25, -0.2) is 4.79 Å². The Morgan fingerprint density at radius 3 is 2.63 bits per heavy atom. The maximum Gasteiger partial charge on any atom is 0.328 e. The maximum absolute atomic E-state index is 12.3. The third-order valence-electron chi connectivity index (χ3n) is 4.15. The van der Waals surface area contributed by atoms with Crippen molar-refractivity contribution in [2.75, 3.05) is 0 Å². The molecule has 19 heavy (non-hydrogen) atoms. The van der Waals surface area contributed by atoms with Crippen LogP contribution in [0.1, 0.15) is 62.9 Å². The zero-order chi connectivity index (χ0) is 14.2. The maximum atomic E-state index is 12.3. The van der Waals surface area contributed by atoms with Crippen molar-refractivity contribution in [2.24, 2.45) is 5.41 Å². The minimum Gasteiger partial charge on any atom is -0.313 e. The lowest BCUT2D eigenvalue weighted by atomic mass is 9.73. The van der Waals surface area contributed by atoms with Crippen molar-refractivity contribution in [3.05, 3.63) is 32.6 Å². The minimum atomic E-state index is -0.462. The molecule has 1 N–H and O–H groups in total. The Hall–Kier alpha value is -1.65. The second-order valence-corrected chi connectivity index (χ2v) is 5.99. The first-order valence-electron chi connectivity index (χ1n) is 6.70. The zero-order valence-corrected chi connectivity index (χ0v) is 11.7. The fourth-order valence-corrected chi connectivity index (χ4v) is 2.98. The summed E-state index contributed by atoms with van der Waals surface area (Å²) in [4.78, 5) is 38.3. The number of ketones is 1. The summed E-state index contributed by atoms with van der Waals surface area (Å²) < 4.78 is 1.25. The number of hydrogen-bond acceptors (Lipinski definition) is 3. The van der Waals surface area contributed by atoms with Gasteiger partial charge < -0.3 is 4.98 Å². The van der Waals surface area contributed by atoms with Crippen LogP contribution < -0.4 is 11.2 Å². The Bertz CT molecular complexity index is 610. The van der Waals surface area contributed by atoms with Gasteiger partial charge in [-0.15, -0.1) is 0 Å². The Kier molecular flexibility index (Phi) is 3.47. The molecular weight excluding hydrogens is 244 g/mol. The molecule has 0 aliphatic heterocycles. The third-order valence-corrected chi connectivity index (χ3v) is 4.15. The van der Waals surface area contributed by atoms with E-state index >= 15 is 0 Å². The molecule has 5 nitrogen and oxygen atoms in total. The average molecular weight is 264 g/mol. The van der Waals surface area contributed by atoms with E-state index in [-0.39, 0.29) is 22.8 Å². The van der Waals surface area contributed by atoms with E-state index in [0.29, 0.717) is 0 Å². The predicted octanol–water partition coefficient (Wildman–Crippen LogP) is 1.88. The molecule has 0 radical (unpaired) electrons. The van der Waals surface area contributed by atoms with Crippen LogP contribution in [-0.2, 0) is 0 Å². The number of nitrogens with one attached hydrogen (secondary N) is 1. The van der Waals surface area contributed by atoms with E-state index in [1.165, 1.54) is 17.7 Å². The van der Waals surface area contributed by atoms with Crippen molar-refractivity contribution >= 4 is 5.78 Å². The molecule has 1 aliphatic rings. The highest BCUT2D eigenvalue weighted by molar-refractivity contribution is 5.93. The number of hydrogen-bond donors (Lipinski definition) is 1. The molecule has 0 aromatic carbocycles. The number of aromatic amines is 1. The second-order valence-electron chi connectivity index (χ2n) is 5.99. The van der Waals surface area contributed by atoms with Gasteiger partial charge in [0, 0.05) is 12.2 Å². The van der Waals surface area contributed by atoms with Crippen molar-refractivity contribution in [1.82, 2.24) is 9.55 Å². The summed E-state index contributed by atoms with van der Waals surface area (Å²) in [7, 11) is 0. The van der Waals surface area contributed by atoms with E-state index in [9.17, 15) is 14.4 Å². The van der Waals surface area contributed by atoms with E-state index in [2.05, 4.69) is 18.8 Å². The van der Waals surface area contributed by atoms with Crippen LogP contribution in [0.25, 0.3) is 0 Å². The molecule has 1 atom stereocenters. The van der Waals surface area contributed by atoms with Gasteiger partial charge in [0.1, 0.15) is 0 Å². The van der Waals surface area contributed by atoms with Crippen LogP contribution in [0.5, 0.6) is 0 Å². The Balaban J connectivity index is 2.62. The first kappa shape index (κ1) is 13.8. The van der Waals surface area contributed by atoms with Crippen molar-refractivity contribution in [3.63, 3.8) is 0 Å². The van der Waals surface area contributed by atoms with Crippen LogP contribution in [0.4, 0.5) is 0 Å². The lowest BCUT2D eigenvalue weighted by Crippen LogP contribution is -2.45. The van der Waals surface area contributed by atoms with E-state index in [0.717, 1.165) is 25.7 Å². The molecule has 104 valence electrons. The molecule has 0 spiro atoms. The molecular formula is C14H20N2O3. The van der Waals surface area contributed by atoms with Gasteiger partial charge >= 0.3 is 5.69 Å². The lowest BCUT2D eigenvalue weighted by Gasteiger charge is -2.39. The number of Topliss-reactive ketones (excluding diaryl/α,β-unsaturated/α-hetero) is 1. The van der Waals surface area contributed by atoms with E-state index < -0.39 is 11.2 Å². The smallest absolute Gasteiger partial charge is 0.313 e. The molecule has 1 unspecified atom stereocenters. The van der Waals surface area contributed by atoms with Gasteiger partial charge in [-0.1, -0.05) is 26.7 Å². The molecule has 0 bridgehead atoms. The molecule has 2 rings (SSSR count). The third kappa shape index (κ3) is 2.41. The Labute approximate surface area is 111 Å². The number of aromatic nitrogens is 2.